The number of aromatic nitrogens is 2. The molecule has 0 bridgehead atoms. The molecule has 1 aliphatic heterocycles. The highest BCUT2D eigenvalue weighted by atomic mass is 35.5. The highest BCUT2D eigenvalue weighted by Crippen LogP contribution is 2.41. The van der Waals surface area contributed by atoms with E-state index >= 15 is 0 Å². The van der Waals surface area contributed by atoms with Gasteiger partial charge in [-0.3, -0.25) is 4.21 Å². The van der Waals surface area contributed by atoms with Crippen LogP contribution in [0.5, 0.6) is 0 Å². The normalized spacial score (nSPS) is 22.2. The second-order valence-corrected chi connectivity index (χ2v) is 9.32. The monoisotopic (exact) mass is 412 g/mol. The number of hydrogen-bond donors (Lipinski definition) is 0. The SMILES string of the molecule is O=S1c2cc(Cl)ccc2[C@@H](OCc2ccsc2Cl)[C@H]1Cn1ccnc1. The lowest BCUT2D eigenvalue weighted by Gasteiger charge is -2.20. The number of rotatable bonds is 5. The molecule has 0 amide bonds. The molecule has 130 valence electrons. The summed E-state index contributed by atoms with van der Waals surface area (Å²) in [6.45, 7) is 0.938. The molecule has 1 aliphatic rings. The van der Waals surface area contributed by atoms with Gasteiger partial charge >= 0.3 is 0 Å². The summed E-state index contributed by atoms with van der Waals surface area (Å²) in [5.74, 6) is 0. The number of imidazole rings is 1. The summed E-state index contributed by atoms with van der Waals surface area (Å²) in [6.07, 6.45) is 5.01. The maximum Gasteiger partial charge on any atom is 0.101 e. The van der Waals surface area contributed by atoms with Gasteiger partial charge in [-0.05, 0) is 29.1 Å². The van der Waals surface area contributed by atoms with Gasteiger partial charge in [0.2, 0.25) is 0 Å². The number of thiophene rings is 1. The summed E-state index contributed by atoms with van der Waals surface area (Å²) in [7, 11) is -1.20. The van der Waals surface area contributed by atoms with Gasteiger partial charge in [-0.2, -0.15) is 0 Å². The third-order valence-electron chi connectivity index (χ3n) is 4.17. The highest BCUT2D eigenvalue weighted by molar-refractivity contribution is 7.86. The molecule has 3 heterocycles. The van der Waals surface area contributed by atoms with E-state index < -0.39 is 10.8 Å². The summed E-state index contributed by atoms with van der Waals surface area (Å²) in [5.41, 5.74) is 1.88. The molecule has 0 saturated carbocycles. The van der Waals surface area contributed by atoms with Crippen molar-refractivity contribution in [3.63, 3.8) is 0 Å². The Morgan fingerprint density at radius 1 is 1.32 bits per heavy atom. The van der Waals surface area contributed by atoms with Gasteiger partial charge in [0.05, 0.1) is 33.3 Å². The van der Waals surface area contributed by atoms with Crippen LogP contribution in [0.15, 0.2) is 53.3 Å². The number of hydrogen-bond acceptors (Lipinski definition) is 4. The van der Waals surface area contributed by atoms with Crippen molar-refractivity contribution in [1.82, 2.24) is 9.55 Å². The number of benzene rings is 1. The molecule has 25 heavy (non-hydrogen) atoms. The Kier molecular flexibility index (Phi) is 4.97. The molecule has 3 aromatic rings. The zero-order valence-electron chi connectivity index (χ0n) is 13.0. The van der Waals surface area contributed by atoms with Gasteiger partial charge in [0.1, 0.15) is 6.10 Å². The summed E-state index contributed by atoms with van der Waals surface area (Å²) in [5, 5.41) is 2.31. The predicted octanol–water partition coefficient (Wildman–Crippen LogP) is 4.70. The van der Waals surface area contributed by atoms with Gasteiger partial charge in [0.25, 0.3) is 0 Å². The van der Waals surface area contributed by atoms with Crippen molar-refractivity contribution in [2.24, 2.45) is 0 Å². The fourth-order valence-electron chi connectivity index (χ4n) is 2.96. The first-order valence-corrected chi connectivity index (χ1v) is 10.5. The van der Waals surface area contributed by atoms with Crippen molar-refractivity contribution in [3.8, 4) is 0 Å². The van der Waals surface area contributed by atoms with Crippen molar-refractivity contribution in [2.45, 2.75) is 29.4 Å². The Hall–Kier alpha value is -1.18. The van der Waals surface area contributed by atoms with Gasteiger partial charge in [-0.1, -0.05) is 29.3 Å². The first-order chi connectivity index (χ1) is 12.1. The number of nitrogens with zero attached hydrogens (tertiary/aromatic N) is 2. The summed E-state index contributed by atoms with van der Waals surface area (Å²) in [4.78, 5) is 4.81. The zero-order chi connectivity index (χ0) is 17.4. The minimum atomic E-state index is -1.20. The van der Waals surface area contributed by atoms with E-state index in [1.807, 2.05) is 34.3 Å². The fourth-order valence-corrected chi connectivity index (χ4v) is 5.84. The Balaban J connectivity index is 1.64. The second-order valence-electron chi connectivity index (χ2n) is 5.73. The first kappa shape index (κ1) is 17.2. The molecule has 1 unspecified atom stereocenters. The Morgan fingerprint density at radius 2 is 2.20 bits per heavy atom. The quantitative estimate of drug-likeness (QED) is 0.609. The third-order valence-corrected chi connectivity index (χ3v) is 7.39. The Bertz CT molecular complexity index is 911. The number of fused-ring (bicyclic) bond motifs is 1. The first-order valence-electron chi connectivity index (χ1n) is 7.62. The third kappa shape index (κ3) is 3.41. The lowest BCUT2D eigenvalue weighted by atomic mass is 10.1. The van der Waals surface area contributed by atoms with Crippen molar-refractivity contribution in [2.75, 3.05) is 0 Å². The lowest BCUT2D eigenvalue weighted by molar-refractivity contribution is 0.0364. The number of ether oxygens (including phenoxy) is 1. The summed E-state index contributed by atoms with van der Waals surface area (Å²) >= 11 is 13.7. The molecular formula is C17H14Cl2N2O2S2. The van der Waals surface area contributed by atoms with E-state index in [4.69, 9.17) is 27.9 Å². The van der Waals surface area contributed by atoms with Crippen molar-refractivity contribution in [1.29, 1.82) is 0 Å². The van der Waals surface area contributed by atoms with Crippen LogP contribution in [0.4, 0.5) is 0 Å². The van der Waals surface area contributed by atoms with E-state index in [1.54, 1.807) is 18.6 Å². The fraction of sp³-hybridized carbons (Fsp3) is 0.235. The Morgan fingerprint density at radius 3 is 2.92 bits per heavy atom. The van der Waals surface area contributed by atoms with Crippen molar-refractivity contribution >= 4 is 45.3 Å². The van der Waals surface area contributed by atoms with Crippen molar-refractivity contribution in [3.05, 3.63) is 68.9 Å². The molecule has 4 nitrogen and oxygen atoms in total. The van der Waals surface area contributed by atoms with Crippen LogP contribution in [-0.2, 0) is 28.7 Å². The molecule has 0 saturated heterocycles. The Labute approximate surface area is 161 Å². The van der Waals surface area contributed by atoms with Crippen LogP contribution in [0.2, 0.25) is 9.36 Å². The van der Waals surface area contributed by atoms with Gasteiger partial charge in [0, 0.05) is 34.4 Å². The van der Waals surface area contributed by atoms with Crippen LogP contribution < -0.4 is 0 Å². The molecular weight excluding hydrogens is 399 g/mol. The summed E-state index contributed by atoms with van der Waals surface area (Å²) in [6, 6.07) is 7.44. The van der Waals surface area contributed by atoms with Gasteiger partial charge in [0.15, 0.2) is 0 Å². The van der Waals surface area contributed by atoms with E-state index in [2.05, 4.69) is 4.98 Å². The molecule has 8 heteroatoms. The van der Waals surface area contributed by atoms with Crippen LogP contribution in [0.3, 0.4) is 0 Å². The van der Waals surface area contributed by atoms with Crippen LogP contribution in [0.25, 0.3) is 0 Å². The van der Waals surface area contributed by atoms with Gasteiger partial charge < -0.3 is 9.30 Å². The molecule has 1 aromatic carbocycles. The van der Waals surface area contributed by atoms with E-state index in [-0.39, 0.29) is 11.4 Å². The van der Waals surface area contributed by atoms with Crippen LogP contribution >= 0.6 is 34.5 Å². The van der Waals surface area contributed by atoms with Crippen LogP contribution in [-0.4, -0.2) is 19.0 Å². The van der Waals surface area contributed by atoms with Crippen molar-refractivity contribution < 1.29 is 8.95 Å². The largest absolute Gasteiger partial charge is 0.367 e. The van der Waals surface area contributed by atoms with E-state index in [9.17, 15) is 4.21 Å². The van der Waals surface area contributed by atoms with E-state index in [1.165, 1.54) is 11.3 Å². The smallest absolute Gasteiger partial charge is 0.101 e. The summed E-state index contributed by atoms with van der Waals surface area (Å²) < 4.78 is 21.9. The van der Waals surface area contributed by atoms with Crippen LogP contribution in [0.1, 0.15) is 17.2 Å². The molecule has 0 spiro atoms. The minimum Gasteiger partial charge on any atom is -0.367 e. The lowest BCUT2D eigenvalue weighted by Crippen LogP contribution is -2.24. The predicted molar refractivity (Wildman–Crippen MR) is 101 cm³/mol. The highest BCUT2D eigenvalue weighted by Gasteiger charge is 2.40. The maximum absolute atomic E-state index is 13.0. The van der Waals surface area contributed by atoms with E-state index in [0.29, 0.717) is 18.2 Å². The topological polar surface area (TPSA) is 44.1 Å². The number of halogens is 2. The second kappa shape index (κ2) is 7.21. The molecule has 0 aliphatic carbocycles. The zero-order valence-corrected chi connectivity index (χ0v) is 16.1. The average molecular weight is 413 g/mol. The minimum absolute atomic E-state index is 0.208. The average Bonchev–Trinajstić information content (AvgIpc) is 3.30. The molecule has 4 rings (SSSR count). The standard InChI is InChI=1S/C17H14Cl2N2O2S2/c18-12-1-2-13-14(7-12)25(22)15(8-21-5-4-20-10-21)16(13)23-9-11-3-6-24-17(11)19/h1-7,10,15-16H,8-9H2/t15-,16-,25?/m1/s1. The molecule has 0 fully saturated rings. The van der Waals surface area contributed by atoms with Crippen LogP contribution in [0, 0.1) is 0 Å². The maximum atomic E-state index is 13.0. The molecule has 0 radical (unpaired) electrons. The van der Waals surface area contributed by atoms with Gasteiger partial charge in [-0.25, -0.2) is 4.98 Å². The molecule has 2 aromatic heterocycles. The van der Waals surface area contributed by atoms with E-state index in [0.717, 1.165) is 20.4 Å². The van der Waals surface area contributed by atoms with Gasteiger partial charge in [-0.15, -0.1) is 11.3 Å². The molecule has 0 N–H and O–H groups in total. The molecule has 3 atom stereocenters.